The van der Waals surface area contributed by atoms with E-state index in [1.165, 1.54) is 6.07 Å². The molecule has 0 N–H and O–H groups in total. The van der Waals surface area contributed by atoms with Gasteiger partial charge in [0.25, 0.3) is 0 Å². The number of nitro groups is 1. The molecule has 1 aromatic heterocycles. The normalized spacial score (nSPS) is 10.9. The largest absolute Gasteiger partial charge is 0.415 e. The first kappa shape index (κ1) is 16.7. The van der Waals surface area contributed by atoms with Crippen LogP contribution in [0.5, 0.6) is 5.75 Å². The lowest BCUT2D eigenvalue weighted by Crippen LogP contribution is -2.12. The summed E-state index contributed by atoms with van der Waals surface area (Å²) in [7, 11) is 0. The molecule has 1 heterocycles. The van der Waals surface area contributed by atoms with E-state index >= 15 is 0 Å². The molecule has 0 aliphatic carbocycles. The number of para-hydroxylation sites is 3. The molecule has 3 aromatic carbocycles. The number of carbonyl (C=O) groups excluding carboxylic acids is 1. The van der Waals surface area contributed by atoms with Gasteiger partial charge in [0.2, 0.25) is 5.75 Å². The van der Waals surface area contributed by atoms with Gasteiger partial charge in [-0.15, -0.1) is 0 Å². The predicted octanol–water partition coefficient (Wildman–Crippen LogP) is 4.82. The molecule has 4 rings (SSSR count). The number of esters is 1. The minimum Gasteiger partial charge on any atom is -0.415 e. The topological polar surface area (TPSA) is 82.3 Å². The second kappa shape index (κ2) is 6.49. The first-order valence-corrected chi connectivity index (χ1v) is 8.30. The lowest BCUT2D eigenvalue weighted by molar-refractivity contribution is -0.385. The zero-order valence-electron chi connectivity index (χ0n) is 14.4. The molecule has 27 heavy (non-hydrogen) atoms. The number of benzene rings is 3. The number of hydrogen-bond donors (Lipinski definition) is 0. The summed E-state index contributed by atoms with van der Waals surface area (Å²) in [5.74, 6) is -0.695. The van der Waals surface area contributed by atoms with Gasteiger partial charge in [0.05, 0.1) is 21.5 Å². The minimum atomic E-state index is -0.651. The highest BCUT2D eigenvalue weighted by Crippen LogP contribution is 2.33. The molecule has 0 saturated heterocycles. The molecular formula is C21H14N2O4. The highest BCUT2D eigenvalue weighted by molar-refractivity contribution is 6.14. The summed E-state index contributed by atoms with van der Waals surface area (Å²) in [4.78, 5) is 28.4. The monoisotopic (exact) mass is 358 g/mol. The van der Waals surface area contributed by atoms with E-state index in [9.17, 15) is 14.9 Å². The van der Waals surface area contributed by atoms with Crippen LogP contribution in [0.1, 0.15) is 15.9 Å². The number of nitrogens with zero attached hydrogens (tertiary/aromatic N) is 2. The summed E-state index contributed by atoms with van der Waals surface area (Å²) in [6.07, 6.45) is 0. The summed E-state index contributed by atoms with van der Waals surface area (Å²) in [5.41, 5.74) is 1.92. The SMILES string of the molecule is Cc1cccc([N+](=O)[O-])c1OC(=O)c1c2ccccc2nc2ccccc12. The Hall–Kier alpha value is -3.80. The molecule has 0 aliphatic heterocycles. The average Bonchev–Trinajstić information content (AvgIpc) is 2.67. The molecule has 0 radical (unpaired) electrons. The van der Waals surface area contributed by atoms with Crippen molar-refractivity contribution < 1.29 is 14.5 Å². The highest BCUT2D eigenvalue weighted by atomic mass is 16.6. The summed E-state index contributed by atoms with van der Waals surface area (Å²) >= 11 is 0. The van der Waals surface area contributed by atoms with Crippen LogP contribution >= 0.6 is 0 Å². The summed E-state index contributed by atoms with van der Waals surface area (Å²) in [6, 6.07) is 19.0. The van der Waals surface area contributed by atoms with Crippen molar-refractivity contribution in [1.29, 1.82) is 0 Å². The molecule has 0 fully saturated rings. The molecule has 0 atom stereocenters. The van der Waals surface area contributed by atoms with Crippen molar-refractivity contribution in [2.75, 3.05) is 0 Å². The second-order valence-corrected chi connectivity index (χ2v) is 6.09. The number of aryl methyl sites for hydroxylation is 1. The predicted molar refractivity (Wildman–Crippen MR) is 102 cm³/mol. The zero-order chi connectivity index (χ0) is 19.0. The number of nitro benzene ring substituents is 1. The maximum Gasteiger partial charge on any atom is 0.345 e. The van der Waals surface area contributed by atoms with Crippen LogP contribution < -0.4 is 4.74 Å². The van der Waals surface area contributed by atoms with Gasteiger partial charge in [-0.2, -0.15) is 0 Å². The minimum absolute atomic E-state index is 0.0440. The van der Waals surface area contributed by atoms with E-state index in [-0.39, 0.29) is 11.4 Å². The van der Waals surface area contributed by atoms with Gasteiger partial charge in [0.1, 0.15) is 0 Å². The van der Waals surface area contributed by atoms with Gasteiger partial charge in [-0.1, -0.05) is 48.5 Å². The van der Waals surface area contributed by atoms with E-state index < -0.39 is 10.9 Å². The van der Waals surface area contributed by atoms with E-state index in [1.54, 1.807) is 31.2 Å². The summed E-state index contributed by atoms with van der Waals surface area (Å²) in [5, 5.41) is 12.6. The van der Waals surface area contributed by atoms with Crippen LogP contribution in [0.2, 0.25) is 0 Å². The molecule has 6 heteroatoms. The molecule has 0 saturated carbocycles. The Morgan fingerprint density at radius 1 is 0.926 bits per heavy atom. The van der Waals surface area contributed by atoms with Gasteiger partial charge in [0.15, 0.2) is 0 Å². The summed E-state index contributed by atoms with van der Waals surface area (Å²) < 4.78 is 5.53. The molecule has 0 unspecified atom stereocenters. The Bertz CT molecular complexity index is 1160. The van der Waals surface area contributed by atoms with E-state index in [1.807, 2.05) is 36.4 Å². The van der Waals surface area contributed by atoms with Crippen LogP contribution in [0.4, 0.5) is 5.69 Å². The molecule has 0 bridgehead atoms. The van der Waals surface area contributed by atoms with Crippen molar-refractivity contribution in [2.45, 2.75) is 6.92 Å². The third kappa shape index (κ3) is 2.87. The zero-order valence-corrected chi connectivity index (χ0v) is 14.4. The van der Waals surface area contributed by atoms with Gasteiger partial charge < -0.3 is 4.74 Å². The molecule has 0 aliphatic rings. The lowest BCUT2D eigenvalue weighted by Gasteiger charge is -2.12. The van der Waals surface area contributed by atoms with Crippen molar-refractivity contribution >= 4 is 33.5 Å². The fraction of sp³-hybridized carbons (Fsp3) is 0.0476. The number of fused-ring (bicyclic) bond motifs is 2. The van der Waals surface area contributed by atoms with Crippen LogP contribution in [0.3, 0.4) is 0 Å². The fourth-order valence-corrected chi connectivity index (χ4v) is 3.12. The Morgan fingerprint density at radius 2 is 1.52 bits per heavy atom. The Labute approximate surface area is 154 Å². The van der Waals surface area contributed by atoms with Crippen LogP contribution in [0, 0.1) is 17.0 Å². The smallest absolute Gasteiger partial charge is 0.345 e. The molecule has 0 amide bonds. The fourth-order valence-electron chi connectivity index (χ4n) is 3.12. The Kier molecular flexibility index (Phi) is 4.01. The van der Waals surface area contributed by atoms with Crippen molar-refractivity contribution in [3.63, 3.8) is 0 Å². The van der Waals surface area contributed by atoms with Crippen LogP contribution in [-0.2, 0) is 0 Å². The van der Waals surface area contributed by atoms with Crippen LogP contribution in [-0.4, -0.2) is 15.9 Å². The summed E-state index contributed by atoms with van der Waals surface area (Å²) in [6.45, 7) is 1.67. The van der Waals surface area contributed by atoms with Crippen molar-refractivity contribution in [1.82, 2.24) is 4.98 Å². The van der Waals surface area contributed by atoms with Crippen molar-refractivity contribution in [3.8, 4) is 5.75 Å². The van der Waals surface area contributed by atoms with E-state index in [0.29, 0.717) is 32.9 Å². The molecule has 6 nitrogen and oxygen atoms in total. The lowest BCUT2D eigenvalue weighted by atomic mass is 10.0. The van der Waals surface area contributed by atoms with Gasteiger partial charge in [-0.25, -0.2) is 9.78 Å². The average molecular weight is 358 g/mol. The number of pyridine rings is 1. The van der Waals surface area contributed by atoms with Crippen molar-refractivity contribution in [2.24, 2.45) is 0 Å². The maximum absolute atomic E-state index is 13.1. The number of hydrogen-bond acceptors (Lipinski definition) is 5. The van der Waals surface area contributed by atoms with Gasteiger partial charge in [-0.3, -0.25) is 10.1 Å². The van der Waals surface area contributed by atoms with Gasteiger partial charge in [0, 0.05) is 16.8 Å². The number of ether oxygens (including phenoxy) is 1. The van der Waals surface area contributed by atoms with E-state index in [2.05, 4.69) is 4.98 Å². The second-order valence-electron chi connectivity index (χ2n) is 6.09. The maximum atomic E-state index is 13.1. The standard InChI is InChI=1S/C21H14N2O4/c1-13-7-6-12-18(23(25)26)20(13)27-21(24)19-14-8-2-4-10-16(14)22-17-11-5-3-9-15(17)19/h2-12H,1H3. The Balaban J connectivity index is 1.92. The van der Waals surface area contributed by atoms with E-state index in [4.69, 9.17) is 4.74 Å². The molecule has 4 aromatic rings. The first-order valence-electron chi connectivity index (χ1n) is 8.30. The number of aromatic nitrogens is 1. The first-order chi connectivity index (χ1) is 13.1. The third-order valence-corrected chi connectivity index (χ3v) is 4.37. The van der Waals surface area contributed by atoms with Gasteiger partial charge in [-0.05, 0) is 24.6 Å². The Morgan fingerprint density at radius 3 is 2.11 bits per heavy atom. The van der Waals surface area contributed by atoms with Crippen molar-refractivity contribution in [3.05, 3.63) is 88.0 Å². The molecule has 0 spiro atoms. The highest BCUT2D eigenvalue weighted by Gasteiger charge is 2.23. The third-order valence-electron chi connectivity index (χ3n) is 4.37. The van der Waals surface area contributed by atoms with Gasteiger partial charge >= 0.3 is 11.7 Å². The van der Waals surface area contributed by atoms with E-state index in [0.717, 1.165) is 0 Å². The molecular weight excluding hydrogens is 344 g/mol. The number of carbonyl (C=O) groups is 1. The molecule has 132 valence electrons. The number of rotatable bonds is 3. The quantitative estimate of drug-likeness (QED) is 0.172. The van der Waals surface area contributed by atoms with Crippen LogP contribution in [0.25, 0.3) is 21.8 Å². The van der Waals surface area contributed by atoms with Crippen LogP contribution in [0.15, 0.2) is 66.7 Å².